The van der Waals surface area contributed by atoms with Crippen LogP contribution >= 0.6 is 0 Å². The van der Waals surface area contributed by atoms with Gasteiger partial charge < -0.3 is 15.5 Å². The van der Waals surface area contributed by atoms with Gasteiger partial charge in [0.1, 0.15) is 5.76 Å². The highest BCUT2D eigenvalue weighted by atomic mass is 16.3. The molecule has 1 aliphatic carbocycles. The molecule has 4 nitrogen and oxygen atoms in total. The molecule has 0 unspecified atom stereocenters. The van der Waals surface area contributed by atoms with E-state index in [-0.39, 0.29) is 17.4 Å². The van der Waals surface area contributed by atoms with Crippen molar-refractivity contribution in [1.82, 2.24) is 5.32 Å². The first-order chi connectivity index (χ1) is 7.18. The molecule has 0 bridgehead atoms. The third-order valence-corrected chi connectivity index (χ3v) is 3.04. The van der Waals surface area contributed by atoms with Crippen molar-refractivity contribution < 1.29 is 9.21 Å². The molecule has 0 radical (unpaired) electrons. The van der Waals surface area contributed by atoms with E-state index >= 15 is 0 Å². The van der Waals surface area contributed by atoms with Gasteiger partial charge in [0.25, 0.3) is 0 Å². The van der Waals surface area contributed by atoms with E-state index in [1.54, 1.807) is 6.26 Å². The van der Waals surface area contributed by atoms with Crippen molar-refractivity contribution in [3.05, 3.63) is 24.2 Å². The average molecular weight is 208 g/mol. The second-order valence-corrected chi connectivity index (χ2v) is 4.20. The molecule has 1 atom stereocenters. The van der Waals surface area contributed by atoms with Gasteiger partial charge in [0.15, 0.2) is 0 Å². The van der Waals surface area contributed by atoms with E-state index in [4.69, 9.17) is 10.2 Å². The standard InChI is InChI=1S/C11H16N2O2/c1-8(9-3-2-6-15-9)13-10(14)11(7-12)4-5-11/h2-3,6,8H,4-5,7,12H2,1H3,(H,13,14)/t8-/m1/s1. The van der Waals surface area contributed by atoms with E-state index in [0.29, 0.717) is 6.54 Å². The van der Waals surface area contributed by atoms with Crippen LogP contribution in [-0.4, -0.2) is 12.5 Å². The van der Waals surface area contributed by atoms with Crippen LogP contribution in [0.5, 0.6) is 0 Å². The lowest BCUT2D eigenvalue weighted by molar-refractivity contribution is -0.126. The number of amides is 1. The Labute approximate surface area is 88.8 Å². The van der Waals surface area contributed by atoms with Gasteiger partial charge in [-0.2, -0.15) is 0 Å². The van der Waals surface area contributed by atoms with Gasteiger partial charge in [0.05, 0.1) is 17.7 Å². The maximum Gasteiger partial charge on any atom is 0.228 e. The molecule has 0 saturated heterocycles. The summed E-state index contributed by atoms with van der Waals surface area (Å²) >= 11 is 0. The molecule has 1 aromatic heterocycles. The molecule has 1 amide bonds. The van der Waals surface area contributed by atoms with Crippen LogP contribution in [0.25, 0.3) is 0 Å². The van der Waals surface area contributed by atoms with E-state index in [1.165, 1.54) is 0 Å². The normalized spacial score (nSPS) is 19.6. The van der Waals surface area contributed by atoms with Crippen LogP contribution in [0.2, 0.25) is 0 Å². The quantitative estimate of drug-likeness (QED) is 0.781. The summed E-state index contributed by atoms with van der Waals surface area (Å²) in [7, 11) is 0. The first-order valence-electron chi connectivity index (χ1n) is 5.22. The summed E-state index contributed by atoms with van der Waals surface area (Å²) in [5.41, 5.74) is 5.29. The highest BCUT2D eigenvalue weighted by molar-refractivity contribution is 5.85. The highest BCUT2D eigenvalue weighted by Crippen LogP contribution is 2.45. The van der Waals surface area contributed by atoms with Gasteiger partial charge in [0, 0.05) is 6.54 Å². The monoisotopic (exact) mass is 208 g/mol. The van der Waals surface area contributed by atoms with Crippen LogP contribution < -0.4 is 11.1 Å². The Balaban J connectivity index is 1.95. The second kappa shape index (κ2) is 3.70. The van der Waals surface area contributed by atoms with Gasteiger partial charge in [-0.3, -0.25) is 4.79 Å². The molecular formula is C11H16N2O2. The van der Waals surface area contributed by atoms with Crippen LogP contribution in [0.4, 0.5) is 0 Å². The third-order valence-electron chi connectivity index (χ3n) is 3.04. The number of carbonyl (C=O) groups is 1. The fourth-order valence-electron chi connectivity index (χ4n) is 1.63. The molecule has 1 heterocycles. The number of rotatable bonds is 4. The first-order valence-corrected chi connectivity index (χ1v) is 5.22. The van der Waals surface area contributed by atoms with Crippen molar-refractivity contribution in [2.45, 2.75) is 25.8 Å². The summed E-state index contributed by atoms with van der Waals surface area (Å²) in [6.07, 6.45) is 3.41. The van der Waals surface area contributed by atoms with Crippen molar-refractivity contribution in [2.75, 3.05) is 6.54 Å². The molecule has 1 aliphatic rings. The zero-order chi connectivity index (χ0) is 10.9. The SMILES string of the molecule is C[C@@H](NC(=O)C1(CN)CC1)c1ccco1. The fraction of sp³-hybridized carbons (Fsp3) is 0.545. The Bertz CT molecular complexity index is 341. The molecule has 0 aliphatic heterocycles. The summed E-state index contributed by atoms with van der Waals surface area (Å²) in [6, 6.07) is 3.58. The Morgan fingerprint density at radius 3 is 2.93 bits per heavy atom. The minimum atomic E-state index is -0.291. The predicted molar refractivity (Wildman–Crippen MR) is 56.0 cm³/mol. The Hall–Kier alpha value is -1.29. The van der Waals surface area contributed by atoms with Crippen molar-refractivity contribution in [3.63, 3.8) is 0 Å². The van der Waals surface area contributed by atoms with Crippen LogP contribution in [0, 0.1) is 5.41 Å². The lowest BCUT2D eigenvalue weighted by atomic mass is 10.1. The number of hydrogen-bond acceptors (Lipinski definition) is 3. The average Bonchev–Trinajstić information content (AvgIpc) is 2.84. The molecular weight excluding hydrogens is 192 g/mol. The van der Waals surface area contributed by atoms with Crippen molar-refractivity contribution in [2.24, 2.45) is 11.1 Å². The first kappa shape index (κ1) is 10.2. The molecule has 1 saturated carbocycles. The fourth-order valence-corrected chi connectivity index (χ4v) is 1.63. The van der Waals surface area contributed by atoms with Crippen LogP contribution in [0.15, 0.2) is 22.8 Å². The van der Waals surface area contributed by atoms with Gasteiger partial charge in [-0.25, -0.2) is 0 Å². The highest BCUT2D eigenvalue weighted by Gasteiger charge is 2.48. The van der Waals surface area contributed by atoms with Crippen LogP contribution in [0.3, 0.4) is 0 Å². The molecule has 0 aromatic carbocycles. The Kier molecular flexibility index (Phi) is 2.52. The van der Waals surface area contributed by atoms with Gasteiger partial charge >= 0.3 is 0 Å². The summed E-state index contributed by atoms with van der Waals surface area (Å²) in [6.45, 7) is 2.34. The zero-order valence-corrected chi connectivity index (χ0v) is 8.82. The van der Waals surface area contributed by atoms with E-state index in [1.807, 2.05) is 19.1 Å². The largest absolute Gasteiger partial charge is 0.467 e. The lowest BCUT2D eigenvalue weighted by Gasteiger charge is -2.16. The summed E-state index contributed by atoms with van der Waals surface area (Å²) in [5, 5.41) is 2.92. The Morgan fingerprint density at radius 2 is 2.47 bits per heavy atom. The molecule has 1 fully saturated rings. The van der Waals surface area contributed by atoms with Crippen molar-refractivity contribution in [1.29, 1.82) is 0 Å². The van der Waals surface area contributed by atoms with Crippen LogP contribution in [-0.2, 0) is 4.79 Å². The van der Waals surface area contributed by atoms with Gasteiger partial charge in [-0.05, 0) is 31.9 Å². The maximum absolute atomic E-state index is 11.8. The summed E-state index contributed by atoms with van der Waals surface area (Å²) < 4.78 is 5.22. The maximum atomic E-state index is 11.8. The van der Waals surface area contributed by atoms with Crippen molar-refractivity contribution in [3.8, 4) is 0 Å². The minimum Gasteiger partial charge on any atom is -0.467 e. The third kappa shape index (κ3) is 1.90. The zero-order valence-electron chi connectivity index (χ0n) is 8.82. The molecule has 0 spiro atoms. The second-order valence-electron chi connectivity index (χ2n) is 4.20. The summed E-state index contributed by atoms with van der Waals surface area (Å²) in [5.74, 6) is 0.824. The molecule has 1 aromatic rings. The van der Waals surface area contributed by atoms with E-state index in [9.17, 15) is 4.79 Å². The smallest absolute Gasteiger partial charge is 0.228 e. The topological polar surface area (TPSA) is 68.3 Å². The Morgan fingerprint density at radius 1 is 1.73 bits per heavy atom. The van der Waals surface area contributed by atoms with Gasteiger partial charge in [0.2, 0.25) is 5.91 Å². The number of hydrogen-bond donors (Lipinski definition) is 2. The van der Waals surface area contributed by atoms with Gasteiger partial charge in [-0.1, -0.05) is 0 Å². The van der Waals surface area contributed by atoms with E-state index in [2.05, 4.69) is 5.32 Å². The minimum absolute atomic E-state index is 0.0499. The number of nitrogens with one attached hydrogen (secondary N) is 1. The number of furan rings is 1. The van der Waals surface area contributed by atoms with E-state index in [0.717, 1.165) is 18.6 Å². The molecule has 82 valence electrons. The molecule has 3 N–H and O–H groups in total. The molecule has 15 heavy (non-hydrogen) atoms. The number of carbonyl (C=O) groups excluding carboxylic acids is 1. The van der Waals surface area contributed by atoms with Gasteiger partial charge in [-0.15, -0.1) is 0 Å². The van der Waals surface area contributed by atoms with E-state index < -0.39 is 0 Å². The predicted octanol–water partition coefficient (Wildman–Crippen LogP) is 1.20. The molecule has 4 heteroatoms. The van der Waals surface area contributed by atoms with Crippen molar-refractivity contribution >= 4 is 5.91 Å². The number of nitrogens with two attached hydrogens (primary N) is 1. The summed E-state index contributed by atoms with van der Waals surface area (Å²) in [4.78, 5) is 11.8. The van der Waals surface area contributed by atoms with Crippen LogP contribution in [0.1, 0.15) is 31.6 Å². The lowest BCUT2D eigenvalue weighted by Crippen LogP contribution is -2.37. The molecule has 2 rings (SSSR count).